The first-order valence-electron chi connectivity index (χ1n) is 10.6. The molecular weight excluding hydrogens is 370 g/mol. The summed E-state index contributed by atoms with van der Waals surface area (Å²) in [5, 5.41) is 0. The summed E-state index contributed by atoms with van der Waals surface area (Å²) in [6.45, 7) is 7.14. The monoisotopic (exact) mass is 397 g/mol. The van der Waals surface area contributed by atoms with Gasteiger partial charge < -0.3 is 14.4 Å². The summed E-state index contributed by atoms with van der Waals surface area (Å²) in [5.41, 5.74) is 5.08. The van der Waals surface area contributed by atoms with Gasteiger partial charge in [-0.05, 0) is 50.1 Å². The van der Waals surface area contributed by atoms with E-state index in [4.69, 9.17) is 9.47 Å². The summed E-state index contributed by atoms with van der Waals surface area (Å²) in [7, 11) is 2.14. The van der Waals surface area contributed by atoms with Gasteiger partial charge >= 0.3 is 0 Å². The molecule has 0 saturated carbocycles. The number of ether oxygens (including phenoxy) is 2. The molecule has 1 atom stereocenters. The molecule has 0 saturated heterocycles. The number of rotatable bonds is 3. The van der Waals surface area contributed by atoms with Crippen LogP contribution in [0.4, 0.5) is 5.69 Å². The normalized spacial score (nSPS) is 20.6. The van der Waals surface area contributed by atoms with Gasteiger partial charge in [-0.15, -0.1) is 0 Å². The maximum atomic E-state index is 6.88. The number of para-hydroxylation sites is 2. The molecule has 2 aliphatic heterocycles. The summed E-state index contributed by atoms with van der Waals surface area (Å²) < 4.78 is 12.8. The molecule has 152 valence electrons. The van der Waals surface area contributed by atoms with Crippen molar-refractivity contribution in [3.8, 4) is 22.6 Å². The van der Waals surface area contributed by atoms with Gasteiger partial charge in [-0.2, -0.15) is 0 Å². The minimum absolute atomic E-state index is 0.268. The smallest absolute Gasteiger partial charge is 0.212 e. The van der Waals surface area contributed by atoms with Gasteiger partial charge in [0.1, 0.15) is 0 Å². The van der Waals surface area contributed by atoms with E-state index in [2.05, 4.69) is 92.5 Å². The second kappa shape index (κ2) is 6.66. The molecule has 1 unspecified atom stereocenters. The highest BCUT2D eigenvalue weighted by molar-refractivity contribution is 5.86. The van der Waals surface area contributed by atoms with Gasteiger partial charge in [0.2, 0.25) is 5.72 Å². The molecule has 0 radical (unpaired) electrons. The van der Waals surface area contributed by atoms with Crippen LogP contribution in [0.15, 0.2) is 72.8 Å². The molecule has 30 heavy (non-hydrogen) atoms. The number of anilines is 1. The van der Waals surface area contributed by atoms with Gasteiger partial charge in [-0.3, -0.25) is 0 Å². The number of benzene rings is 3. The van der Waals surface area contributed by atoms with E-state index in [1.807, 2.05) is 19.1 Å². The van der Waals surface area contributed by atoms with Crippen molar-refractivity contribution in [2.24, 2.45) is 0 Å². The summed E-state index contributed by atoms with van der Waals surface area (Å²) >= 11 is 0. The molecule has 0 aromatic heterocycles. The highest BCUT2D eigenvalue weighted by Crippen LogP contribution is 2.57. The number of hydrogen-bond donors (Lipinski definition) is 0. The summed E-state index contributed by atoms with van der Waals surface area (Å²) in [5.74, 6) is 1.61. The van der Waals surface area contributed by atoms with E-state index in [0.29, 0.717) is 6.61 Å². The Labute approximate surface area is 178 Å². The van der Waals surface area contributed by atoms with Crippen molar-refractivity contribution in [1.29, 1.82) is 0 Å². The number of hydrogen-bond acceptors (Lipinski definition) is 3. The molecule has 0 N–H and O–H groups in total. The highest BCUT2D eigenvalue weighted by atomic mass is 16.5. The van der Waals surface area contributed by atoms with Crippen LogP contribution < -0.4 is 14.4 Å². The van der Waals surface area contributed by atoms with Gasteiger partial charge in [0.25, 0.3) is 0 Å². The number of nitrogens with zero attached hydrogens (tertiary/aromatic N) is 1. The molecule has 2 heterocycles. The van der Waals surface area contributed by atoms with E-state index in [-0.39, 0.29) is 5.41 Å². The molecule has 3 aromatic carbocycles. The first-order chi connectivity index (χ1) is 14.5. The third-order valence-electron chi connectivity index (χ3n) is 6.58. The summed E-state index contributed by atoms with van der Waals surface area (Å²) in [4.78, 5) is 2.30. The predicted molar refractivity (Wildman–Crippen MR) is 123 cm³/mol. The molecule has 2 aliphatic rings. The predicted octanol–water partition coefficient (Wildman–Crippen LogP) is 6.28. The van der Waals surface area contributed by atoms with Crippen molar-refractivity contribution in [1.82, 2.24) is 0 Å². The minimum Gasteiger partial charge on any atom is -0.490 e. The summed E-state index contributed by atoms with van der Waals surface area (Å²) in [6.07, 6.45) is 4.38. The van der Waals surface area contributed by atoms with Crippen LogP contribution in [-0.2, 0) is 5.41 Å². The molecule has 1 spiro atoms. The van der Waals surface area contributed by atoms with E-state index >= 15 is 0 Å². The van der Waals surface area contributed by atoms with Crippen molar-refractivity contribution in [2.45, 2.75) is 31.9 Å². The Morgan fingerprint density at radius 2 is 1.70 bits per heavy atom. The average molecular weight is 398 g/mol. The maximum Gasteiger partial charge on any atom is 0.212 e. The van der Waals surface area contributed by atoms with Crippen molar-refractivity contribution in [3.05, 3.63) is 83.9 Å². The molecule has 5 rings (SSSR count). The third kappa shape index (κ3) is 2.44. The van der Waals surface area contributed by atoms with E-state index in [1.54, 1.807) is 0 Å². The van der Waals surface area contributed by atoms with E-state index in [1.165, 1.54) is 22.4 Å². The van der Waals surface area contributed by atoms with Crippen molar-refractivity contribution in [2.75, 3.05) is 18.6 Å². The van der Waals surface area contributed by atoms with Crippen LogP contribution in [0.3, 0.4) is 0 Å². The SMILES string of the molecule is CCOc1cccc2c1OC1(C=C2)N(C)c2c(-c3ccccc3)cccc2C1(C)C. The van der Waals surface area contributed by atoms with Crippen LogP contribution >= 0.6 is 0 Å². The Hall–Kier alpha value is -3.20. The van der Waals surface area contributed by atoms with E-state index in [9.17, 15) is 0 Å². The van der Waals surface area contributed by atoms with Crippen molar-refractivity contribution < 1.29 is 9.47 Å². The highest BCUT2D eigenvalue weighted by Gasteiger charge is 2.58. The molecule has 3 nitrogen and oxygen atoms in total. The van der Waals surface area contributed by atoms with E-state index < -0.39 is 5.72 Å². The van der Waals surface area contributed by atoms with Crippen LogP contribution in [0, 0.1) is 0 Å². The van der Waals surface area contributed by atoms with Crippen LogP contribution in [0.5, 0.6) is 11.5 Å². The van der Waals surface area contributed by atoms with Crippen LogP contribution in [0.25, 0.3) is 17.2 Å². The third-order valence-corrected chi connectivity index (χ3v) is 6.58. The lowest BCUT2D eigenvalue weighted by molar-refractivity contribution is 0.0545. The van der Waals surface area contributed by atoms with Crippen molar-refractivity contribution in [3.63, 3.8) is 0 Å². The van der Waals surface area contributed by atoms with Crippen molar-refractivity contribution >= 4 is 11.8 Å². The molecule has 0 fully saturated rings. The van der Waals surface area contributed by atoms with Crippen LogP contribution in [0.2, 0.25) is 0 Å². The Balaban J connectivity index is 1.69. The molecule has 0 bridgehead atoms. The molecule has 3 aromatic rings. The second-order valence-electron chi connectivity index (χ2n) is 8.49. The average Bonchev–Trinajstić information content (AvgIpc) is 2.93. The Kier molecular flexibility index (Phi) is 4.18. The number of fused-ring (bicyclic) bond motifs is 2. The maximum absolute atomic E-state index is 6.88. The largest absolute Gasteiger partial charge is 0.490 e. The fourth-order valence-corrected chi connectivity index (χ4v) is 4.99. The number of likely N-dealkylation sites (N-methyl/N-ethyl adjacent to an activating group) is 1. The van der Waals surface area contributed by atoms with Gasteiger partial charge in [0.15, 0.2) is 11.5 Å². The van der Waals surface area contributed by atoms with Crippen LogP contribution in [0.1, 0.15) is 31.9 Å². The van der Waals surface area contributed by atoms with Gasteiger partial charge in [0.05, 0.1) is 17.7 Å². The van der Waals surface area contributed by atoms with Gasteiger partial charge in [-0.1, -0.05) is 60.7 Å². The summed E-state index contributed by atoms with van der Waals surface area (Å²) in [6, 6.07) is 23.2. The standard InChI is InChI=1S/C27H27NO2/c1-5-29-23-16-9-13-20-17-18-27(30-25(20)23)26(2,3)22-15-10-14-21(24(22)28(27)4)19-11-7-6-8-12-19/h6-18H,5H2,1-4H3. The van der Waals surface area contributed by atoms with E-state index in [0.717, 1.165) is 17.1 Å². The molecule has 3 heteroatoms. The Bertz CT molecular complexity index is 1130. The first kappa shape index (κ1) is 18.8. The fraction of sp³-hybridized carbons (Fsp3) is 0.259. The van der Waals surface area contributed by atoms with Gasteiger partial charge in [0, 0.05) is 18.2 Å². The first-order valence-corrected chi connectivity index (χ1v) is 10.6. The molecule has 0 amide bonds. The lowest BCUT2D eigenvalue weighted by Gasteiger charge is -2.46. The van der Waals surface area contributed by atoms with Crippen LogP contribution in [-0.4, -0.2) is 19.4 Å². The lowest BCUT2D eigenvalue weighted by atomic mass is 9.76. The molecule has 0 aliphatic carbocycles. The van der Waals surface area contributed by atoms with Gasteiger partial charge in [-0.25, -0.2) is 0 Å². The Morgan fingerprint density at radius 1 is 0.933 bits per heavy atom. The second-order valence-corrected chi connectivity index (χ2v) is 8.49. The molecular formula is C27H27NO2. The Morgan fingerprint density at radius 3 is 2.47 bits per heavy atom. The zero-order chi connectivity index (χ0) is 20.9. The lowest BCUT2D eigenvalue weighted by Crippen LogP contribution is -2.58. The topological polar surface area (TPSA) is 21.7 Å². The zero-order valence-corrected chi connectivity index (χ0v) is 18.0. The zero-order valence-electron chi connectivity index (χ0n) is 18.0. The fourth-order valence-electron chi connectivity index (χ4n) is 4.99. The minimum atomic E-state index is -0.638. The quantitative estimate of drug-likeness (QED) is 0.519.